The number of rotatable bonds is 9. The van der Waals surface area contributed by atoms with Crippen molar-refractivity contribution >= 4 is 11.9 Å². The van der Waals surface area contributed by atoms with E-state index in [-0.39, 0.29) is 11.9 Å². The third-order valence-corrected chi connectivity index (χ3v) is 5.07. The number of methoxy groups -OCH3 is 2. The number of carbonyl (C=O) groups excluding carboxylic acids is 1. The van der Waals surface area contributed by atoms with E-state index in [0.717, 1.165) is 55.6 Å². The molecule has 1 aliphatic rings. The summed E-state index contributed by atoms with van der Waals surface area (Å²) in [4.78, 5) is 18.5. The van der Waals surface area contributed by atoms with Gasteiger partial charge in [0, 0.05) is 38.3 Å². The summed E-state index contributed by atoms with van der Waals surface area (Å²) in [6.07, 6.45) is 1.02. The molecule has 1 amide bonds. The molecular formula is C21H35N5O3. The van der Waals surface area contributed by atoms with Gasteiger partial charge in [-0.2, -0.15) is 0 Å². The van der Waals surface area contributed by atoms with Crippen LogP contribution in [0.3, 0.4) is 0 Å². The maximum atomic E-state index is 11.5. The van der Waals surface area contributed by atoms with Gasteiger partial charge in [0.25, 0.3) is 0 Å². The molecule has 4 N–H and O–H groups in total. The Hall–Kier alpha value is -2.48. The summed E-state index contributed by atoms with van der Waals surface area (Å²) in [6, 6.07) is 6.25. The molecular weight excluding hydrogens is 370 g/mol. The lowest BCUT2D eigenvalue weighted by molar-refractivity contribution is -0.125. The van der Waals surface area contributed by atoms with Crippen LogP contribution in [-0.4, -0.2) is 63.2 Å². The van der Waals surface area contributed by atoms with Crippen LogP contribution in [-0.2, 0) is 11.3 Å². The second-order valence-corrected chi connectivity index (χ2v) is 8.03. The Morgan fingerprint density at radius 3 is 2.48 bits per heavy atom. The van der Waals surface area contributed by atoms with Crippen molar-refractivity contribution < 1.29 is 14.3 Å². The van der Waals surface area contributed by atoms with Crippen LogP contribution in [0.2, 0.25) is 0 Å². The van der Waals surface area contributed by atoms with E-state index in [1.54, 1.807) is 14.2 Å². The molecule has 1 unspecified atom stereocenters. The molecule has 0 aromatic heterocycles. The van der Waals surface area contributed by atoms with Gasteiger partial charge < -0.3 is 25.8 Å². The van der Waals surface area contributed by atoms with E-state index in [2.05, 4.69) is 20.5 Å². The first-order valence-electron chi connectivity index (χ1n) is 10.1. The summed E-state index contributed by atoms with van der Waals surface area (Å²) < 4.78 is 10.7. The van der Waals surface area contributed by atoms with Crippen LogP contribution < -0.4 is 25.8 Å². The smallest absolute Gasteiger partial charge is 0.224 e. The fourth-order valence-electron chi connectivity index (χ4n) is 3.18. The second-order valence-electron chi connectivity index (χ2n) is 8.03. The topological polar surface area (TPSA) is 101 Å². The summed E-state index contributed by atoms with van der Waals surface area (Å²) in [7, 11) is 3.32. The van der Waals surface area contributed by atoms with Crippen molar-refractivity contribution in [1.82, 2.24) is 15.5 Å². The number of primary amides is 1. The minimum atomic E-state index is -0.671. The van der Waals surface area contributed by atoms with E-state index in [0.29, 0.717) is 6.54 Å². The van der Waals surface area contributed by atoms with E-state index in [1.165, 1.54) is 0 Å². The number of nitrogens with two attached hydrogens (primary N) is 1. The van der Waals surface area contributed by atoms with Crippen molar-refractivity contribution in [2.75, 3.05) is 40.4 Å². The molecule has 1 aromatic carbocycles. The zero-order valence-corrected chi connectivity index (χ0v) is 18.2. The third-order valence-electron chi connectivity index (χ3n) is 5.07. The molecule has 8 heteroatoms. The summed E-state index contributed by atoms with van der Waals surface area (Å²) in [6.45, 7) is 9.46. The van der Waals surface area contributed by atoms with E-state index in [4.69, 9.17) is 15.2 Å². The Morgan fingerprint density at radius 2 is 1.93 bits per heavy atom. The lowest BCUT2D eigenvalue weighted by Crippen LogP contribution is -2.45. The van der Waals surface area contributed by atoms with Gasteiger partial charge in [0.1, 0.15) is 11.5 Å². The average Bonchev–Trinajstić information content (AvgIpc) is 3.12. The summed E-state index contributed by atoms with van der Waals surface area (Å²) in [5.74, 6) is 1.97. The fourth-order valence-corrected chi connectivity index (χ4v) is 3.18. The number of amides is 1. The molecule has 1 fully saturated rings. The molecule has 0 spiro atoms. The van der Waals surface area contributed by atoms with Crippen LogP contribution in [0.25, 0.3) is 0 Å². The first kappa shape index (κ1) is 22.8. The number of guanidine groups is 1. The minimum absolute atomic E-state index is 0.289. The van der Waals surface area contributed by atoms with E-state index in [9.17, 15) is 4.79 Å². The number of hydrogen-bond donors (Lipinski definition) is 3. The highest BCUT2D eigenvalue weighted by atomic mass is 16.5. The van der Waals surface area contributed by atoms with E-state index < -0.39 is 5.41 Å². The van der Waals surface area contributed by atoms with Gasteiger partial charge >= 0.3 is 0 Å². The Bertz CT molecular complexity index is 698. The van der Waals surface area contributed by atoms with Gasteiger partial charge in [0.2, 0.25) is 5.91 Å². The van der Waals surface area contributed by atoms with Crippen LogP contribution in [0, 0.1) is 5.41 Å². The lowest BCUT2D eigenvalue weighted by Gasteiger charge is -2.21. The van der Waals surface area contributed by atoms with Crippen molar-refractivity contribution in [2.24, 2.45) is 16.1 Å². The summed E-state index contributed by atoms with van der Waals surface area (Å²) in [5, 5.41) is 6.74. The highest BCUT2D eigenvalue weighted by molar-refractivity contribution is 5.82. The number of aliphatic imine (C=N–C) groups is 1. The quantitative estimate of drug-likeness (QED) is 0.423. The maximum absolute atomic E-state index is 11.5. The molecule has 29 heavy (non-hydrogen) atoms. The SMILES string of the molecule is CCNC(=NCC(C)(C)C(N)=O)NC1CCN(Cc2cc(OC)cc(OC)c2)C1. The van der Waals surface area contributed by atoms with Gasteiger partial charge in [-0.15, -0.1) is 0 Å². The minimum Gasteiger partial charge on any atom is -0.497 e. The molecule has 0 bridgehead atoms. The van der Waals surface area contributed by atoms with Gasteiger partial charge in [0.05, 0.1) is 26.2 Å². The molecule has 1 aromatic rings. The normalized spacial score (nSPS) is 17.8. The van der Waals surface area contributed by atoms with E-state index >= 15 is 0 Å². The first-order valence-corrected chi connectivity index (χ1v) is 10.1. The highest BCUT2D eigenvalue weighted by Gasteiger charge is 2.26. The molecule has 2 rings (SSSR count). The van der Waals surface area contributed by atoms with E-state index in [1.807, 2.05) is 39.0 Å². The maximum Gasteiger partial charge on any atom is 0.224 e. The number of carbonyl (C=O) groups is 1. The molecule has 1 saturated heterocycles. The first-order chi connectivity index (χ1) is 13.8. The largest absolute Gasteiger partial charge is 0.497 e. The Kier molecular flexibility index (Phi) is 8.13. The molecule has 1 aliphatic heterocycles. The Morgan fingerprint density at radius 1 is 1.28 bits per heavy atom. The fraction of sp³-hybridized carbons (Fsp3) is 0.619. The molecule has 8 nitrogen and oxygen atoms in total. The third kappa shape index (κ3) is 6.81. The number of hydrogen-bond acceptors (Lipinski definition) is 5. The van der Waals surface area contributed by atoms with Crippen molar-refractivity contribution in [1.29, 1.82) is 0 Å². The van der Waals surface area contributed by atoms with Crippen molar-refractivity contribution in [3.63, 3.8) is 0 Å². The van der Waals surface area contributed by atoms with Crippen molar-refractivity contribution in [2.45, 2.75) is 39.8 Å². The number of nitrogens with zero attached hydrogens (tertiary/aromatic N) is 2. The summed E-state index contributed by atoms with van der Waals surface area (Å²) in [5.41, 5.74) is 5.94. The molecule has 0 aliphatic carbocycles. The molecule has 1 heterocycles. The van der Waals surface area contributed by atoms with Gasteiger partial charge in [-0.25, -0.2) is 0 Å². The lowest BCUT2D eigenvalue weighted by atomic mass is 9.93. The molecule has 162 valence electrons. The van der Waals surface area contributed by atoms with Crippen LogP contribution in [0.4, 0.5) is 0 Å². The molecule has 1 atom stereocenters. The number of benzene rings is 1. The van der Waals surface area contributed by atoms with Crippen LogP contribution >= 0.6 is 0 Å². The van der Waals surface area contributed by atoms with Gasteiger partial charge in [-0.3, -0.25) is 14.7 Å². The summed E-state index contributed by atoms with van der Waals surface area (Å²) >= 11 is 0. The van der Waals surface area contributed by atoms with Crippen molar-refractivity contribution in [3.05, 3.63) is 23.8 Å². The zero-order chi connectivity index (χ0) is 21.4. The van der Waals surface area contributed by atoms with Gasteiger partial charge in [0.15, 0.2) is 5.96 Å². The highest BCUT2D eigenvalue weighted by Crippen LogP contribution is 2.24. The number of likely N-dealkylation sites (tertiary alicyclic amines) is 1. The Balaban J connectivity index is 1.96. The predicted molar refractivity (Wildman–Crippen MR) is 115 cm³/mol. The van der Waals surface area contributed by atoms with Crippen LogP contribution in [0.1, 0.15) is 32.8 Å². The van der Waals surface area contributed by atoms with Crippen LogP contribution in [0.5, 0.6) is 11.5 Å². The monoisotopic (exact) mass is 405 g/mol. The van der Waals surface area contributed by atoms with Crippen molar-refractivity contribution in [3.8, 4) is 11.5 Å². The molecule has 0 radical (unpaired) electrons. The number of ether oxygens (including phenoxy) is 2. The molecule has 0 saturated carbocycles. The zero-order valence-electron chi connectivity index (χ0n) is 18.2. The van der Waals surface area contributed by atoms with Gasteiger partial charge in [-0.05, 0) is 44.9 Å². The predicted octanol–water partition coefficient (Wildman–Crippen LogP) is 1.34. The number of nitrogens with one attached hydrogen (secondary N) is 2. The average molecular weight is 406 g/mol. The standard InChI is InChI=1S/C21H35N5O3/c1-6-23-20(24-14-21(2,3)19(22)27)25-16-7-8-26(13-16)12-15-9-17(28-4)11-18(10-15)29-5/h9-11,16H,6-8,12-14H2,1-5H3,(H2,22,27)(H2,23,24,25). The second kappa shape index (κ2) is 10.3. The van der Waals surface area contributed by atoms with Crippen LogP contribution in [0.15, 0.2) is 23.2 Å². The van der Waals surface area contributed by atoms with Gasteiger partial charge in [-0.1, -0.05) is 0 Å². The Labute approximate surface area is 173 Å².